The molecule has 27 heavy (non-hydrogen) atoms. The van der Waals surface area contributed by atoms with Crippen molar-refractivity contribution in [1.29, 1.82) is 0 Å². The minimum atomic E-state index is 0. The molecule has 1 aliphatic rings. The lowest BCUT2D eigenvalue weighted by molar-refractivity contribution is 0.168. The largest absolute Gasteiger partial charge is 0.364 e. The van der Waals surface area contributed by atoms with Gasteiger partial charge >= 0.3 is 0 Å². The Labute approximate surface area is 184 Å². The number of aromatic nitrogens is 1. The minimum Gasteiger partial charge on any atom is -0.364 e. The van der Waals surface area contributed by atoms with Crippen LogP contribution in [0.4, 0.5) is 5.69 Å². The fourth-order valence-electron chi connectivity index (χ4n) is 3.65. The van der Waals surface area contributed by atoms with Crippen LogP contribution in [0.2, 0.25) is 0 Å². The molecule has 0 bridgehead atoms. The molecular weight excluding hydrogens is 468 g/mol. The van der Waals surface area contributed by atoms with E-state index in [4.69, 9.17) is 5.73 Å². The first kappa shape index (κ1) is 24.1. The van der Waals surface area contributed by atoms with Gasteiger partial charge < -0.3 is 10.6 Å². The molecule has 2 N–H and O–H groups in total. The minimum absolute atomic E-state index is 0. The van der Waals surface area contributed by atoms with E-state index in [1.54, 1.807) is 0 Å². The number of nitrogens with two attached hydrogens (primary N) is 1. The van der Waals surface area contributed by atoms with Gasteiger partial charge in [-0.15, -0.1) is 34.0 Å². The first-order valence-electron chi connectivity index (χ1n) is 9.35. The number of likely N-dealkylation sites (tertiary alicyclic amines) is 1. The van der Waals surface area contributed by atoms with Crippen LogP contribution in [-0.2, 0) is 6.54 Å². The number of benzene rings is 1. The summed E-state index contributed by atoms with van der Waals surface area (Å²) in [4.78, 5) is 9.36. The van der Waals surface area contributed by atoms with Crippen molar-refractivity contribution in [2.24, 2.45) is 5.73 Å². The maximum Gasteiger partial charge on any atom is 0.0752 e. The number of anilines is 1. The number of pyridine rings is 1. The van der Waals surface area contributed by atoms with E-state index >= 15 is 0 Å². The summed E-state index contributed by atoms with van der Waals surface area (Å²) in [6, 6.07) is 15.0. The van der Waals surface area contributed by atoms with Crippen molar-refractivity contribution >= 4 is 39.7 Å². The van der Waals surface area contributed by atoms with Gasteiger partial charge in [0.25, 0.3) is 0 Å². The van der Waals surface area contributed by atoms with Crippen LogP contribution in [0, 0.1) is 13.8 Å². The normalized spacial score (nSPS) is 15.4. The highest BCUT2D eigenvalue weighted by Gasteiger charge is 2.20. The third-order valence-electron chi connectivity index (χ3n) is 4.91. The van der Waals surface area contributed by atoms with E-state index in [0.29, 0.717) is 0 Å². The Morgan fingerprint density at radius 3 is 2.19 bits per heavy atom. The Kier molecular flexibility index (Phi) is 10.5. The van der Waals surface area contributed by atoms with Crippen molar-refractivity contribution in [2.45, 2.75) is 45.8 Å². The van der Waals surface area contributed by atoms with Crippen LogP contribution in [0.1, 0.15) is 36.2 Å². The van der Waals surface area contributed by atoms with E-state index in [0.717, 1.165) is 37.6 Å². The molecule has 4 nitrogen and oxygen atoms in total. The van der Waals surface area contributed by atoms with E-state index < -0.39 is 0 Å². The van der Waals surface area contributed by atoms with Crippen molar-refractivity contribution in [3.8, 4) is 0 Å². The molecule has 0 amide bonds. The first-order valence-corrected chi connectivity index (χ1v) is 9.35. The average Bonchev–Trinajstić information content (AvgIpc) is 2.62. The van der Waals surface area contributed by atoms with Crippen LogP contribution >= 0.6 is 34.0 Å². The molecule has 1 aromatic heterocycles. The molecule has 0 radical (unpaired) electrons. The van der Waals surface area contributed by atoms with Gasteiger partial charge in [0.1, 0.15) is 0 Å². The monoisotopic (exact) mass is 498 g/mol. The Morgan fingerprint density at radius 1 is 1.00 bits per heavy atom. The Bertz CT molecular complexity index is 655. The van der Waals surface area contributed by atoms with E-state index in [1.165, 1.54) is 30.5 Å². The lowest BCUT2D eigenvalue weighted by atomic mass is 10.1. The topological polar surface area (TPSA) is 45.4 Å². The lowest BCUT2D eigenvalue weighted by Crippen LogP contribution is -2.51. The standard InChI is InChI=1S/C21H30N4.2BrH/c1-17-13-20(14-18(2)23-17)25(15-19-9-5-3-6-10-19)16-21(22)24-11-7-4-8-12-24;;/h3,5-6,9-10,13-14,21H,4,7-8,11-12,15-16,22H2,1-2H3;2*1H. The molecule has 1 unspecified atom stereocenters. The lowest BCUT2D eigenvalue weighted by Gasteiger charge is -2.36. The molecule has 0 saturated carbocycles. The van der Waals surface area contributed by atoms with Crippen LogP contribution in [0.15, 0.2) is 42.5 Å². The molecule has 1 fully saturated rings. The zero-order chi connectivity index (χ0) is 17.6. The fraction of sp³-hybridized carbons (Fsp3) is 0.476. The molecule has 1 saturated heterocycles. The molecule has 1 aromatic carbocycles. The number of aryl methyl sites for hydroxylation is 2. The van der Waals surface area contributed by atoms with Gasteiger partial charge in [-0.25, -0.2) is 0 Å². The molecule has 3 rings (SSSR count). The summed E-state index contributed by atoms with van der Waals surface area (Å²) in [6.07, 6.45) is 3.93. The summed E-state index contributed by atoms with van der Waals surface area (Å²) < 4.78 is 0. The Hall–Kier alpha value is -0.950. The number of piperidine rings is 1. The number of nitrogens with zero attached hydrogens (tertiary/aromatic N) is 3. The highest BCUT2D eigenvalue weighted by molar-refractivity contribution is 8.93. The molecule has 6 heteroatoms. The highest BCUT2D eigenvalue weighted by atomic mass is 79.9. The number of rotatable bonds is 6. The first-order chi connectivity index (χ1) is 12.1. The summed E-state index contributed by atoms with van der Waals surface area (Å²) in [5.41, 5.74) is 11.2. The van der Waals surface area contributed by atoms with Gasteiger partial charge in [0.15, 0.2) is 0 Å². The second kappa shape index (κ2) is 11.8. The molecule has 2 heterocycles. The van der Waals surface area contributed by atoms with Gasteiger partial charge in [0.2, 0.25) is 0 Å². The zero-order valence-corrected chi connectivity index (χ0v) is 19.7. The van der Waals surface area contributed by atoms with Gasteiger partial charge in [-0.2, -0.15) is 0 Å². The number of hydrogen-bond donors (Lipinski definition) is 1. The van der Waals surface area contributed by atoms with Gasteiger partial charge in [0.05, 0.1) is 6.17 Å². The van der Waals surface area contributed by atoms with Gasteiger partial charge in [-0.3, -0.25) is 9.88 Å². The Morgan fingerprint density at radius 2 is 1.59 bits per heavy atom. The molecule has 1 atom stereocenters. The van der Waals surface area contributed by atoms with E-state index in [-0.39, 0.29) is 40.1 Å². The second-order valence-electron chi connectivity index (χ2n) is 7.14. The molecule has 0 aliphatic carbocycles. The van der Waals surface area contributed by atoms with E-state index in [9.17, 15) is 0 Å². The molecule has 2 aromatic rings. The van der Waals surface area contributed by atoms with Gasteiger partial charge in [-0.05, 0) is 57.5 Å². The molecular formula is C21H32Br2N4. The smallest absolute Gasteiger partial charge is 0.0752 e. The van der Waals surface area contributed by atoms with Crippen molar-refractivity contribution in [3.63, 3.8) is 0 Å². The summed E-state index contributed by atoms with van der Waals surface area (Å²) >= 11 is 0. The van der Waals surface area contributed by atoms with Crippen LogP contribution in [0.5, 0.6) is 0 Å². The zero-order valence-electron chi connectivity index (χ0n) is 16.3. The van der Waals surface area contributed by atoms with Crippen molar-refractivity contribution in [2.75, 3.05) is 24.5 Å². The fourth-order valence-corrected chi connectivity index (χ4v) is 3.65. The van der Waals surface area contributed by atoms with Crippen molar-refractivity contribution < 1.29 is 0 Å². The predicted molar refractivity (Wildman–Crippen MR) is 125 cm³/mol. The highest BCUT2D eigenvalue weighted by Crippen LogP contribution is 2.21. The molecule has 0 spiro atoms. The van der Waals surface area contributed by atoms with E-state index in [2.05, 4.69) is 71.1 Å². The number of halogens is 2. The Balaban J connectivity index is 0.00000182. The summed E-state index contributed by atoms with van der Waals surface area (Å²) in [5, 5.41) is 0. The third kappa shape index (κ3) is 7.18. The third-order valence-corrected chi connectivity index (χ3v) is 4.91. The predicted octanol–water partition coefficient (Wildman–Crippen LogP) is 4.63. The molecule has 1 aliphatic heterocycles. The van der Waals surface area contributed by atoms with Crippen LogP contribution in [0.3, 0.4) is 0 Å². The summed E-state index contributed by atoms with van der Waals surface area (Å²) in [7, 11) is 0. The van der Waals surface area contributed by atoms with Crippen molar-refractivity contribution in [1.82, 2.24) is 9.88 Å². The summed E-state index contributed by atoms with van der Waals surface area (Å²) in [6.45, 7) is 8.05. The maximum absolute atomic E-state index is 6.59. The second-order valence-corrected chi connectivity index (χ2v) is 7.14. The van der Waals surface area contributed by atoms with Gasteiger partial charge in [-0.1, -0.05) is 36.8 Å². The summed E-state index contributed by atoms with van der Waals surface area (Å²) in [5.74, 6) is 0. The molecule has 150 valence electrons. The van der Waals surface area contributed by atoms with Crippen molar-refractivity contribution in [3.05, 3.63) is 59.4 Å². The van der Waals surface area contributed by atoms with Crippen LogP contribution in [0.25, 0.3) is 0 Å². The average molecular weight is 500 g/mol. The van der Waals surface area contributed by atoms with E-state index in [1.807, 2.05) is 0 Å². The van der Waals surface area contributed by atoms with Crippen LogP contribution in [-0.4, -0.2) is 35.7 Å². The van der Waals surface area contributed by atoms with Crippen LogP contribution < -0.4 is 10.6 Å². The van der Waals surface area contributed by atoms with Gasteiger partial charge in [0, 0.05) is 30.2 Å². The number of hydrogen-bond acceptors (Lipinski definition) is 4. The quantitative estimate of drug-likeness (QED) is 0.629. The SMILES string of the molecule is Br.Br.Cc1cc(N(Cc2ccccc2)CC(N)N2CCCCC2)cc(C)n1. The maximum atomic E-state index is 6.59.